The number of hydrogen-bond donors (Lipinski definition) is 0. The van der Waals surface area contributed by atoms with Crippen LogP contribution < -0.4 is 0 Å². The second-order valence-corrected chi connectivity index (χ2v) is 3.54. The molecule has 0 N–H and O–H groups in total. The molecule has 74 valence electrons. The predicted octanol–water partition coefficient (Wildman–Crippen LogP) is 1.12. The average molecular weight is 183 g/mol. The lowest BCUT2D eigenvalue weighted by molar-refractivity contribution is 0.199. The van der Waals surface area contributed by atoms with Crippen molar-refractivity contribution in [2.45, 2.75) is 26.8 Å². The molecule has 1 rings (SSSR count). The van der Waals surface area contributed by atoms with Gasteiger partial charge in [0.05, 0.1) is 6.61 Å². The van der Waals surface area contributed by atoms with Crippen LogP contribution in [0.25, 0.3) is 0 Å². The fraction of sp³-hybridized carbons (Fsp3) is 0.778. The highest BCUT2D eigenvalue weighted by atomic mass is 16.5. The third kappa shape index (κ3) is 3.14. The van der Waals surface area contributed by atoms with Gasteiger partial charge in [-0.15, -0.1) is 10.2 Å². The Kier molecular flexibility index (Phi) is 3.89. The van der Waals surface area contributed by atoms with Crippen LogP contribution in [0.2, 0.25) is 0 Å². The molecule has 0 saturated carbocycles. The molecule has 0 radical (unpaired) electrons. The Morgan fingerprint density at radius 3 is 2.92 bits per heavy atom. The highest BCUT2D eigenvalue weighted by Gasteiger charge is 2.04. The third-order valence-corrected chi connectivity index (χ3v) is 1.79. The second kappa shape index (κ2) is 4.97. The van der Waals surface area contributed by atoms with E-state index in [1.165, 1.54) is 0 Å². The van der Waals surface area contributed by atoms with Crippen LogP contribution in [0.4, 0.5) is 0 Å². The van der Waals surface area contributed by atoms with Crippen molar-refractivity contribution in [1.29, 1.82) is 0 Å². The molecule has 1 aromatic rings. The molecular formula is C9H17N3O. The molecule has 0 amide bonds. The van der Waals surface area contributed by atoms with Gasteiger partial charge in [0, 0.05) is 20.1 Å². The number of nitrogens with zero attached hydrogens (tertiary/aromatic N) is 3. The lowest BCUT2D eigenvalue weighted by atomic mass is 10.2. The Labute approximate surface area is 78.9 Å². The molecule has 0 spiro atoms. The van der Waals surface area contributed by atoms with Crippen molar-refractivity contribution in [2.75, 3.05) is 13.7 Å². The smallest absolute Gasteiger partial charge is 0.135 e. The van der Waals surface area contributed by atoms with E-state index < -0.39 is 0 Å². The highest BCUT2D eigenvalue weighted by Crippen LogP contribution is 2.02. The van der Waals surface area contributed by atoms with Crippen molar-refractivity contribution >= 4 is 0 Å². The zero-order valence-electron chi connectivity index (χ0n) is 8.53. The van der Waals surface area contributed by atoms with Crippen LogP contribution in [0.15, 0.2) is 6.33 Å². The van der Waals surface area contributed by atoms with Crippen molar-refractivity contribution in [3.63, 3.8) is 0 Å². The van der Waals surface area contributed by atoms with E-state index in [0.29, 0.717) is 12.5 Å². The number of hydrogen-bond acceptors (Lipinski definition) is 3. The van der Waals surface area contributed by atoms with Gasteiger partial charge in [-0.1, -0.05) is 13.8 Å². The first-order valence-corrected chi connectivity index (χ1v) is 4.59. The largest absolute Gasteiger partial charge is 0.384 e. The summed E-state index contributed by atoms with van der Waals surface area (Å²) in [6.45, 7) is 6.04. The Morgan fingerprint density at radius 2 is 2.31 bits per heavy atom. The van der Waals surface area contributed by atoms with Crippen LogP contribution in [-0.4, -0.2) is 28.5 Å². The summed E-state index contributed by atoms with van der Waals surface area (Å²) < 4.78 is 7.08. The lowest BCUT2D eigenvalue weighted by Crippen LogP contribution is -2.09. The summed E-state index contributed by atoms with van der Waals surface area (Å²) in [4.78, 5) is 0. The Bertz CT molecular complexity index is 245. The SMILES string of the molecule is COCCc1nncn1CC(C)C. The number of methoxy groups -OCH3 is 1. The van der Waals surface area contributed by atoms with Gasteiger partial charge in [0.25, 0.3) is 0 Å². The van der Waals surface area contributed by atoms with E-state index in [1.807, 2.05) is 0 Å². The van der Waals surface area contributed by atoms with Crippen LogP contribution >= 0.6 is 0 Å². The molecule has 1 heterocycles. The molecule has 0 aliphatic carbocycles. The summed E-state index contributed by atoms with van der Waals surface area (Å²) in [6.07, 6.45) is 2.62. The average Bonchev–Trinajstić information content (AvgIpc) is 2.48. The molecule has 0 unspecified atom stereocenters. The summed E-state index contributed by atoms with van der Waals surface area (Å²) in [5, 5.41) is 7.93. The molecule has 0 aliphatic heterocycles. The quantitative estimate of drug-likeness (QED) is 0.687. The topological polar surface area (TPSA) is 39.9 Å². The van der Waals surface area contributed by atoms with Gasteiger partial charge in [-0.25, -0.2) is 0 Å². The second-order valence-electron chi connectivity index (χ2n) is 3.54. The molecule has 13 heavy (non-hydrogen) atoms. The van der Waals surface area contributed by atoms with Crippen molar-refractivity contribution in [1.82, 2.24) is 14.8 Å². The van der Waals surface area contributed by atoms with E-state index in [9.17, 15) is 0 Å². The Morgan fingerprint density at radius 1 is 1.54 bits per heavy atom. The molecule has 0 aliphatic rings. The molecule has 1 aromatic heterocycles. The fourth-order valence-corrected chi connectivity index (χ4v) is 1.21. The van der Waals surface area contributed by atoms with Crippen LogP contribution in [0.1, 0.15) is 19.7 Å². The first-order chi connectivity index (χ1) is 6.24. The van der Waals surface area contributed by atoms with E-state index in [0.717, 1.165) is 18.8 Å². The molecule has 4 nitrogen and oxygen atoms in total. The van der Waals surface area contributed by atoms with Crippen molar-refractivity contribution in [3.05, 3.63) is 12.2 Å². The number of aromatic nitrogens is 3. The van der Waals surface area contributed by atoms with E-state index >= 15 is 0 Å². The van der Waals surface area contributed by atoms with Crippen LogP contribution in [0.5, 0.6) is 0 Å². The standard InChI is InChI=1S/C9H17N3O/c1-8(2)6-12-7-10-11-9(12)4-5-13-3/h7-8H,4-6H2,1-3H3. The summed E-state index contributed by atoms with van der Waals surface area (Å²) in [5.74, 6) is 1.63. The lowest BCUT2D eigenvalue weighted by Gasteiger charge is -2.08. The van der Waals surface area contributed by atoms with Crippen LogP contribution in [0.3, 0.4) is 0 Å². The molecule has 0 bridgehead atoms. The number of rotatable bonds is 5. The van der Waals surface area contributed by atoms with E-state index in [1.54, 1.807) is 13.4 Å². The van der Waals surface area contributed by atoms with Crippen LogP contribution in [0, 0.1) is 5.92 Å². The summed E-state index contributed by atoms with van der Waals surface area (Å²) in [7, 11) is 1.70. The predicted molar refractivity (Wildman–Crippen MR) is 50.4 cm³/mol. The Hall–Kier alpha value is -0.900. The van der Waals surface area contributed by atoms with E-state index in [4.69, 9.17) is 4.74 Å². The van der Waals surface area contributed by atoms with E-state index in [-0.39, 0.29) is 0 Å². The van der Waals surface area contributed by atoms with Crippen molar-refractivity contribution in [3.8, 4) is 0 Å². The van der Waals surface area contributed by atoms with Gasteiger partial charge in [0.15, 0.2) is 0 Å². The number of ether oxygens (including phenoxy) is 1. The molecule has 0 atom stereocenters. The van der Waals surface area contributed by atoms with E-state index in [2.05, 4.69) is 28.6 Å². The third-order valence-electron chi connectivity index (χ3n) is 1.79. The maximum Gasteiger partial charge on any atom is 0.135 e. The first kappa shape index (κ1) is 10.2. The van der Waals surface area contributed by atoms with Gasteiger partial charge >= 0.3 is 0 Å². The minimum Gasteiger partial charge on any atom is -0.384 e. The summed E-state index contributed by atoms with van der Waals surface area (Å²) in [6, 6.07) is 0. The molecule has 4 heteroatoms. The van der Waals surface area contributed by atoms with Gasteiger partial charge in [0.1, 0.15) is 12.2 Å². The Balaban J connectivity index is 2.55. The highest BCUT2D eigenvalue weighted by molar-refractivity contribution is 4.85. The summed E-state index contributed by atoms with van der Waals surface area (Å²) >= 11 is 0. The first-order valence-electron chi connectivity index (χ1n) is 4.59. The van der Waals surface area contributed by atoms with Crippen molar-refractivity contribution < 1.29 is 4.74 Å². The van der Waals surface area contributed by atoms with Gasteiger partial charge in [-0.2, -0.15) is 0 Å². The fourth-order valence-electron chi connectivity index (χ4n) is 1.21. The normalized spacial score (nSPS) is 11.1. The van der Waals surface area contributed by atoms with Gasteiger partial charge < -0.3 is 9.30 Å². The minimum absolute atomic E-state index is 0.622. The maximum absolute atomic E-state index is 4.99. The molecule has 0 fully saturated rings. The minimum atomic E-state index is 0.622. The molecule has 0 saturated heterocycles. The zero-order valence-corrected chi connectivity index (χ0v) is 8.53. The molecular weight excluding hydrogens is 166 g/mol. The van der Waals surface area contributed by atoms with Crippen LogP contribution in [-0.2, 0) is 17.7 Å². The van der Waals surface area contributed by atoms with Crippen molar-refractivity contribution in [2.24, 2.45) is 5.92 Å². The molecule has 0 aromatic carbocycles. The van der Waals surface area contributed by atoms with Gasteiger partial charge in [-0.05, 0) is 5.92 Å². The zero-order chi connectivity index (χ0) is 9.68. The van der Waals surface area contributed by atoms with Gasteiger partial charge in [-0.3, -0.25) is 0 Å². The monoisotopic (exact) mass is 183 g/mol. The van der Waals surface area contributed by atoms with Gasteiger partial charge in [0.2, 0.25) is 0 Å². The maximum atomic E-state index is 4.99. The summed E-state index contributed by atoms with van der Waals surface area (Å²) in [5.41, 5.74) is 0.